The summed E-state index contributed by atoms with van der Waals surface area (Å²) in [5.41, 5.74) is 1.70. The summed E-state index contributed by atoms with van der Waals surface area (Å²) >= 11 is 18.4. The number of aliphatic hydroxyl groups is 1. The molecule has 0 aliphatic rings. The van der Waals surface area contributed by atoms with Crippen LogP contribution < -0.4 is 9.47 Å². The zero-order valence-corrected chi connectivity index (χ0v) is 20.0. The predicted molar refractivity (Wildman–Crippen MR) is 124 cm³/mol. The van der Waals surface area contributed by atoms with E-state index in [2.05, 4.69) is 20.8 Å². The fraction of sp³-hybridized carbons (Fsp3) is 0.478. The Balaban J connectivity index is 2.16. The highest BCUT2D eigenvalue weighted by Crippen LogP contribution is 2.40. The van der Waals surface area contributed by atoms with E-state index in [1.54, 1.807) is 7.11 Å². The van der Waals surface area contributed by atoms with Crippen LogP contribution in [0.1, 0.15) is 31.9 Å². The molecule has 2 aromatic carbocycles. The molecule has 7 heteroatoms. The first kappa shape index (κ1) is 25.1. The van der Waals surface area contributed by atoms with Gasteiger partial charge in [0.25, 0.3) is 0 Å². The molecule has 0 amide bonds. The van der Waals surface area contributed by atoms with Gasteiger partial charge in [-0.25, -0.2) is 0 Å². The van der Waals surface area contributed by atoms with E-state index in [1.165, 1.54) is 0 Å². The number of hydrogen-bond acceptors (Lipinski definition) is 4. The van der Waals surface area contributed by atoms with Gasteiger partial charge in [0.05, 0.1) is 29.1 Å². The molecule has 0 saturated carbocycles. The van der Waals surface area contributed by atoms with E-state index in [-0.39, 0.29) is 17.9 Å². The topological polar surface area (TPSA) is 47.9 Å². The summed E-state index contributed by atoms with van der Waals surface area (Å²) in [4.78, 5) is 0. The molecule has 0 unspecified atom stereocenters. The molecular formula is C23H29Cl3O4. The van der Waals surface area contributed by atoms with E-state index in [1.807, 2.05) is 36.4 Å². The Bertz CT molecular complexity index is 786. The predicted octanol–water partition coefficient (Wildman–Crippen LogP) is 5.96. The summed E-state index contributed by atoms with van der Waals surface area (Å²) in [7, 11) is 1.69. The van der Waals surface area contributed by atoms with E-state index in [0.29, 0.717) is 34.9 Å². The van der Waals surface area contributed by atoms with Crippen molar-refractivity contribution in [3.63, 3.8) is 0 Å². The molecule has 0 spiro atoms. The first-order valence-corrected chi connectivity index (χ1v) is 11.1. The lowest BCUT2D eigenvalue weighted by atomic mass is 9.78. The van der Waals surface area contributed by atoms with Crippen LogP contribution in [-0.4, -0.2) is 44.0 Å². The van der Waals surface area contributed by atoms with Crippen LogP contribution in [0, 0.1) is 5.92 Å². The van der Waals surface area contributed by atoms with E-state index in [0.717, 1.165) is 16.9 Å². The molecule has 1 N–H and O–H groups in total. The minimum absolute atomic E-state index is 0.0239. The van der Waals surface area contributed by atoms with Gasteiger partial charge >= 0.3 is 0 Å². The molecule has 30 heavy (non-hydrogen) atoms. The largest absolute Gasteiger partial charge is 0.493 e. The second-order valence-corrected chi connectivity index (χ2v) is 9.03. The van der Waals surface area contributed by atoms with Crippen LogP contribution in [0.3, 0.4) is 0 Å². The van der Waals surface area contributed by atoms with E-state index < -0.39 is 6.10 Å². The Morgan fingerprint density at radius 3 is 2.07 bits per heavy atom. The molecule has 0 bridgehead atoms. The summed E-state index contributed by atoms with van der Waals surface area (Å²) in [6, 6.07) is 11.7. The minimum Gasteiger partial charge on any atom is -0.493 e. The zero-order chi connectivity index (χ0) is 22.3. The molecule has 2 aromatic rings. The van der Waals surface area contributed by atoms with Crippen LogP contribution in [0.25, 0.3) is 0 Å². The smallest absolute Gasteiger partial charge is 0.156 e. The second-order valence-electron chi connectivity index (χ2n) is 7.91. The molecular weight excluding hydrogens is 447 g/mol. The molecule has 2 atom stereocenters. The molecule has 0 aliphatic heterocycles. The number of rotatable bonds is 11. The van der Waals surface area contributed by atoms with Gasteiger partial charge in [0.2, 0.25) is 0 Å². The van der Waals surface area contributed by atoms with Crippen LogP contribution in [-0.2, 0) is 10.2 Å². The quantitative estimate of drug-likeness (QED) is 0.407. The number of hydrogen-bond donors (Lipinski definition) is 1. The SMILES string of the molecule is COC[C@@H](C)COc1ccc(C(C)(C)c2cc(Cl)c(OC[C@H](O)CCl)c(Cl)c2)cc1. The van der Waals surface area contributed by atoms with Crippen molar-refractivity contribution in [2.45, 2.75) is 32.3 Å². The van der Waals surface area contributed by atoms with Gasteiger partial charge in [0, 0.05) is 18.4 Å². The molecule has 2 rings (SSSR count). The van der Waals surface area contributed by atoms with Crippen molar-refractivity contribution in [1.29, 1.82) is 0 Å². The van der Waals surface area contributed by atoms with Crippen LogP contribution in [0.2, 0.25) is 10.0 Å². The number of halogens is 3. The van der Waals surface area contributed by atoms with Crippen molar-refractivity contribution in [1.82, 2.24) is 0 Å². The monoisotopic (exact) mass is 474 g/mol. The number of benzene rings is 2. The van der Waals surface area contributed by atoms with Gasteiger partial charge in [-0.05, 0) is 35.4 Å². The standard InChI is InChI=1S/C23H29Cl3O4/c1-15(12-28-4)13-29-19-7-5-16(6-8-19)23(2,3)17-9-20(25)22(21(26)10-17)30-14-18(27)11-24/h5-10,15,18,27H,11-14H2,1-4H3/t15-,18-/m1/s1. The Morgan fingerprint density at radius 1 is 0.933 bits per heavy atom. The molecule has 0 radical (unpaired) electrons. The summed E-state index contributed by atoms with van der Waals surface area (Å²) in [6.45, 7) is 7.57. The highest BCUT2D eigenvalue weighted by Gasteiger charge is 2.26. The van der Waals surface area contributed by atoms with Gasteiger partial charge < -0.3 is 19.3 Å². The van der Waals surface area contributed by atoms with Crippen molar-refractivity contribution in [2.24, 2.45) is 5.92 Å². The fourth-order valence-corrected chi connectivity index (χ4v) is 3.67. The Hall–Kier alpha value is -1.17. The molecule has 0 heterocycles. The van der Waals surface area contributed by atoms with E-state index >= 15 is 0 Å². The average molecular weight is 476 g/mol. The molecule has 0 saturated heterocycles. The molecule has 0 aliphatic carbocycles. The number of aliphatic hydroxyl groups excluding tert-OH is 1. The lowest BCUT2D eigenvalue weighted by molar-refractivity contribution is 0.125. The number of alkyl halides is 1. The second kappa shape index (κ2) is 11.4. The Labute approximate surface area is 194 Å². The summed E-state index contributed by atoms with van der Waals surface area (Å²) in [5, 5.41) is 10.4. The van der Waals surface area contributed by atoms with Gasteiger partial charge in [0.1, 0.15) is 18.5 Å². The minimum atomic E-state index is -0.784. The Morgan fingerprint density at radius 2 is 1.53 bits per heavy atom. The third kappa shape index (κ3) is 6.66. The summed E-state index contributed by atoms with van der Waals surface area (Å²) in [5.74, 6) is 1.55. The van der Waals surface area contributed by atoms with Crippen molar-refractivity contribution >= 4 is 34.8 Å². The van der Waals surface area contributed by atoms with Gasteiger partial charge in [-0.1, -0.05) is 56.1 Å². The maximum atomic E-state index is 9.59. The first-order chi connectivity index (χ1) is 14.2. The van der Waals surface area contributed by atoms with Gasteiger partial charge in [-0.15, -0.1) is 11.6 Å². The zero-order valence-electron chi connectivity index (χ0n) is 17.8. The normalized spacial score (nSPS) is 13.7. The van der Waals surface area contributed by atoms with Crippen molar-refractivity contribution in [2.75, 3.05) is 32.8 Å². The van der Waals surface area contributed by atoms with Crippen LogP contribution >= 0.6 is 34.8 Å². The Kier molecular flexibility index (Phi) is 9.58. The van der Waals surface area contributed by atoms with Gasteiger partial charge in [-0.2, -0.15) is 0 Å². The van der Waals surface area contributed by atoms with Crippen LogP contribution in [0.4, 0.5) is 0 Å². The number of methoxy groups -OCH3 is 1. The summed E-state index contributed by atoms with van der Waals surface area (Å²) < 4.78 is 16.5. The number of ether oxygens (including phenoxy) is 3. The van der Waals surface area contributed by atoms with E-state index in [9.17, 15) is 5.11 Å². The molecule has 0 fully saturated rings. The third-order valence-electron chi connectivity index (χ3n) is 4.88. The van der Waals surface area contributed by atoms with Crippen LogP contribution in [0.5, 0.6) is 11.5 Å². The van der Waals surface area contributed by atoms with Gasteiger partial charge in [-0.3, -0.25) is 0 Å². The first-order valence-electron chi connectivity index (χ1n) is 9.77. The third-order valence-corrected chi connectivity index (χ3v) is 5.80. The van der Waals surface area contributed by atoms with E-state index in [4.69, 9.17) is 49.0 Å². The van der Waals surface area contributed by atoms with Gasteiger partial charge in [0.15, 0.2) is 5.75 Å². The lowest BCUT2D eigenvalue weighted by Gasteiger charge is -2.27. The van der Waals surface area contributed by atoms with Crippen molar-refractivity contribution < 1.29 is 19.3 Å². The molecule has 166 valence electrons. The molecule has 4 nitrogen and oxygen atoms in total. The fourth-order valence-electron chi connectivity index (χ4n) is 2.99. The lowest BCUT2D eigenvalue weighted by Crippen LogP contribution is -2.20. The van der Waals surface area contributed by atoms with Crippen molar-refractivity contribution in [3.05, 3.63) is 57.6 Å². The molecule has 0 aromatic heterocycles. The summed E-state index contributed by atoms with van der Waals surface area (Å²) in [6.07, 6.45) is -0.784. The highest BCUT2D eigenvalue weighted by atomic mass is 35.5. The highest BCUT2D eigenvalue weighted by molar-refractivity contribution is 6.37. The average Bonchev–Trinajstić information content (AvgIpc) is 2.71. The maximum Gasteiger partial charge on any atom is 0.156 e. The maximum absolute atomic E-state index is 9.59. The van der Waals surface area contributed by atoms with Crippen LogP contribution in [0.15, 0.2) is 36.4 Å². The van der Waals surface area contributed by atoms with Crippen molar-refractivity contribution in [3.8, 4) is 11.5 Å².